The predicted molar refractivity (Wildman–Crippen MR) is 124 cm³/mol. The summed E-state index contributed by atoms with van der Waals surface area (Å²) in [7, 11) is -3.78. The van der Waals surface area contributed by atoms with Gasteiger partial charge in [0.1, 0.15) is 5.76 Å². The van der Waals surface area contributed by atoms with Crippen molar-refractivity contribution in [2.45, 2.75) is 44.9 Å². The number of nitrogens with one attached hydrogen (secondary N) is 2. The van der Waals surface area contributed by atoms with Crippen molar-refractivity contribution in [2.24, 2.45) is 5.10 Å². The van der Waals surface area contributed by atoms with Crippen LogP contribution >= 0.6 is 0 Å². The molecule has 1 amide bonds. The van der Waals surface area contributed by atoms with E-state index >= 15 is 0 Å². The largest absolute Gasteiger partial charge is 0.455 e. The Morgan fingerprint density at radius 3 is 2.47 bits per heavy atom. The Labute approximate surface area is 187 Å². The Morgan fingerprint density at radius 2 is 1.75 bits per heavy atom. The summed E-state index contributed by atoms with van der Waals surface area (Å²) in [5, 5.41) is 7.08. The molecule has 0 unspecified atom stereocenters. The normalized spacial score (nSPS) is 14.8. The highest BCUT2D eigenvalue weighted by Crippen LogP contribution is 2.30. The highest BCUT2D eigenvalue weighted by Gasteiger charge is 2.28. The molecular formula is C24H25N3O4S. The summed E-state index contributed by atoms with van der Waals surface area (Å²) in [6.45, 7) is 5.80. The van der Waals surface area contributed by atoms with Crippen LogP contribution in [0.4, 0.5) is 5.69 Å². The molecular weight excluding hydrogens is 426 g/mol. The molecule has 1 aliphatic carbocycles. The molecule has 1 aliphatic rings. The molecule has 1 aromatic heterocycles. The average Bonchev–Trinajstić information content (AvgIpc) is 3.13. The van der Waals surface area contributed by atoms with Crippen LogP contribution in [0, 0.1) is 20.8 Å². The van der Waals surface area contributed by atoms with E-state index in [2.05, 4.69) is 15.2 Å². The number of carbonyl (C=O) groups is 1. The number of sulfonamides is 1. The van der Waals surface area contributed by atoms with Gasteiger partial charge in [0.25, 0.3) is 15.9 Å². The van der Waals surface area contributed by atoms with Crippen LogP contribution in [0.15, 0.2) is 62.9 Å². The van der Waals surface area contributed by atoms with Crippen LogP contribution in [-0.2, 0) is 16.4 Å². The number of aryl methyl sites for hydroxylation is 3. The maximum atomic E-state index is 12.9. The van der Waals surface area contributed by atoms with Crippen molar-refractivity contribution >= 4 is 27.3 Å². The second kappa shape index (κ2) is 8.63. The van der Waals surface area contributed by atoms with Gasteiger partial charge in [-0.25, -0.2) is 0 Å². The number of anilines is 1. The number of benzene rings is 2. The molecule has 2 N–H and O–H groups in total. The summed E-state index contributed by atoms with van der Waals surface area (Å²) in [4.78, 5) is 15.4. The third-order valence-corrected chi connectivity index (χ3v) is 6.88. The molecule has 0 spiro atoms. The maximum Gasteiger partial charge on any atom is 0.291 e. The number of hydrogen-bond donors (Lipinski definition) is 2. The van der Waals surface area contributed by atoms with E-state index in [1.54, 1.807) is 25.1 Å². The minimum Gasteiger partial charge on any atom is -0.455 e. The zero-order valence-electron chi connectivity index (χ0n) is 18.2. The van der Waals surface area contributed by atoms with Gasteiger partial charge in [-0.05, 0) is 69.0 Å². The fourth-order valence-corrected chi connectivity index (χ4v) is 4.62. The van der Waals surface area contributed by atoms with Gasteiger partial charge in [0.05, 0.1) is 10.6 Å². The molecule has 7 nitrogen and oxygen atoms in total. The smallest absolute Gasteiger partial charge is 0.291 e. The Kier molecular flexibility index (Phi) is 5.88. The molecule has 0 saturated carbocycles. The van der Waals surface area contributed by atoms with E-state index in [1.807, 2.05) is 32.0 Å². The molecule has 0 radical (unpaired) electrons. The van der Waals surface area contributed by atoms with Gasteiger partial charge in [-0.3, -0.25) is 4.79 Å². The van der Waals surface area contributed by atoms with Crippen LogP contribution in [0.3, 0.4) is 0 Å². The van der Waals surface area contributed by atoms with E-state index < -0.39 is 10.0 Å². The lowest BCUT2D eigenvalue weighted by Gasteiger charge is -2.14. The Morgan fingerprint density at radius 1 is 1.00 bits per heavy atom. The molecule has 0 aliphatic heterocycles. The van der Waals surface area contributed by atoms with E-state index in [-0.39, 0.29) is 16.6 Å². The molecule has 0 saturated heterocycles. The van der Waals surface area contributed by atoms with Crippen LogP contribution in [0.1, 0.15) is 51.4 Å². The van der Waals surface area contributed by atoms with Crippen molar-refractivity contribution in [3.8, 4) is 0 Å². The summed E-state index contributed by atoms with van der Waals surface area (Å²) < 4.78 is 31.0. The molecule has 1 heterocycles. The summed E-state index contributed by atoms with van der Waals surface area (Å²) >= 11 is 0. The van der Waals surface area contributed by atoms with E-state index in [4.69, 9.17) is 4.42 Å². The Hall–Kier alpha value is -3.39. The first kappa shape index (κ1) is 21.8. The number of furan rings is 1. The molecule has 4 rings (SSSR count). The summed E-state index contributed by atoms with van der Waals surface area (Å²) in [6, 6.07) is 13.8. The third kappa shape index (κ3) is 4.31. The summed E-state index contributed by atoms with van der Waals surface area (Å²) in [5.74, 6) is 0.523. The highest BCUT2D eigenvalue weighted by atomic mass is 32.2. The molecule has 32 heavy (non-hydrogen) atoms. The lowest BCUT2D eigenvalue weighted by atomic mass is 9.93. The van der Waals surface area contributed by atoms with Crippen molar-refractivity contribution in [1.29, 1.82) is 0 Å². The highest BCUT2D eigenvalue weighted by molar-refractivity contribution is 7.89. The van der Waals surface area contributed by atoms with Gasteiger partial charge >= 0.3 is 0 Å². The van der Waals surface area contributed by atoms with Gasteiger partial charge in [-0.1, -0.05) is 24.3 Å². The number of rotatable bonds is 5. The number of hydrazone groups is 1. The van der Waals surface area contributed by atoms with Gasteiger partial charge < -0.3 is 9.73 Å². The van der Waals surface area contributed by atoms with Crippen molar-refractivity contribution in [1.82, 2.24) is 4.83 Å². The van der Waals surface area contributed by atoms with E-state index in [1.165, 1.54) is 12.1 Å². The summed E-state index contributed by atoms with van der Waals surface area (Å²) in [5.41, 5.74) is 4.84. The fraction of sp³-hybridized carbons (Fsp3) is 0.250. The quantitative estimate of drug-likeness (QED) is 0.559. The van der Waals surface area contributed by atoms with Crippen LogP contribution < -0.4 is 10.1 Å². The van der Waals surface area contributed by atoms with Crippen molar-refractivity contribution in [2.75, 3.05) is 5.32 Å². The molecule has 2 aromatic carbocycles. The fourth-order valence-electron chi connectivity index (χ4n) is 3.77. The topological polar surface area (TPSA) is 101 Å². The molecule has 0 fully saturated rings. The zero-order valence-corrected chi connectivity index (χ0v) is 19.0. The number of fused-ring (bicyclic) bond motifs is 1. The third-order valence-electron chi connectivity index (χ3n) is 5.65. The van der Waals surface area contributed by atoms with Gasteiger partial charge in [0.15, 0.2) is 5.76 Å². The Balaban J connectivity index is 1.60. The number of carbonyl (C=O) groups excluding carboxylic acids is 1. The second-order valence-corrected chi connectivity index (χ2v) is 9.59. The van der Waals surface area contributed by atoms with E-state index in [0.717, 1.165) is 17.5 Å². The van der Waals surface area contributed by atoms with Gasteiger partial charge in [-0.2, -0.15) is 18.4 Å². The van der Waals surface area contributed by atoms with Crippen molar-refractivity contribution < 1.29 is 17.6 Å². The molecule has 166 valence electrons. The number of nitrogens with zero attached hydrogens (tertiary/aromatic N) is 1. The van der Waals surface area contributed by atoms with E-state index in [9.17, 15) is 13.2 Å². The lowest BCUT2D eigenvalue weighted by molar-refractivity contribution is 0.0994. The van der Waals surface area contributed by atoms with Crippen LogP contribution in [0.5, 0.6) is 0 Å². The zero-order chi connectivity index (χ0) is 22.9. The lowest BCUT2D eigenvalue weighted by Crippen LogP contribution is -2.22. The van der Waals surface area contributed by atoms with Gasteiger partial charge in [-0.15, -0.1) is 0 Å². The van der Waals surface area contributed by atoms with E-state index in [0.29, 0.717) is 41.1 Å². The number of hydrogen-bond acceptors (Lipinski definition) is 5. The number of amides is 1. The second-order valence-electron chi connectivity index (χ2n) is 7.93. The van der Waals surface area contributed by atoms with Gasteiger partial charge in [0, 0.05) is 23.2 Å². The summed E-state index contributed by atoms with van der Waals surface area (Å²) in [6.07, 6.45) is 2.00. The first-order valence-electron chi connectivity index (χ1n) is 10.4. The Bertz CT molecular complexity index is 1310. The molecule has 0 bridgehead atoms. The SMILES string of the molecule is Cc1ccc(NC(=O)c2oc3c(c2C)/C(=N/NS(=O)(=O)c2ccccc2)CCC3)cc1C. The minimum atomic E-state index is -3.78. The minimum absolute atomic E-state index is 0.137. The van der Waals surface area contributed by atoms with Crippen molar-refractivity contribution in [3.63, 3.8) is 0 Å². The first-order valence-corrected chi connectivity index (χ1v) is 11.9. The van der Waals surface area contributed by atoms with Crippen LogP contribution in [0.2, 0.25) is 0 Å². The molecule has 8 heteroatoms. The molecule has 0 atom stereocenters. The van der Waals surface area contributed by atoms with Crippen LogP contribution in [-0.4, -0.2) is 20.0 Å². The molecule has 3 aromatic rings. The average molecular weight is 452 g/mol. The van der Waals surface area contributed by atoms with Crippen LogP contribution in [0.25, 0.3) is 0 Å². The van der Waals surface area contributed by atoms with Gasteiger partial charge in [0.2, 0.25) is 0 Å². The predicted octanol–water partition coefficient (Wildman–Crippen LogP) is 4.48. The van der Waals surface area contributed by atoms with Crippen molar-refractivity contribution in [3.05, 3.63) is 82.3 Å². The maximum absolute atomic E-state index is 12.9. The monoisotopic (exact) mass is 451 g/mol. The standard InChI is InChI=1S/C24H25N3O4S/c1-15-12-13-18(14-16(15)2)25-24(28)23-17(3)22-20(10-7-11-21(22)31-23)26-27-32(29,30)19-8-5-4-6-9-19/h4-6,8-9,12-14,27H,7,10-11H2,1-3H3,(H,25,28)/b26-20+. The first-order chi connectivity index (χ1) is 15.3.